The molecule has 1 saturated heterocycles. The van der Waals surface area contributed by atoms with Crippen LogP contribution in [0.25, 0.3) is 0 Å². The summed E-state index contributed by atoms with van der Waals surface area (Å²) in [6.45, 7) is 8.64. The minimum Gasteiger partial charge on any atom is -0.374 e. The largest absolute Gasteiger partial charge is 0.374 e. The highest BCUT2D eigenvalue weighted by molar-refractivity contribution is 7.10. The van der Waals surface area contributed by atoms with Crippen LogP contribution in [0.15, 0.2) is 0 Å². The standard InChI is InChI=1S/C13H20N4S/c1-3-17-6-4-11(5-7-17)9-15-13-12(8-14)10(2)16-18-13/h11,15H,3-7,9H2,1-2H3. The van der Waals surface area contributed by atoms with Crippen LogP contribution in [0.5, 0.6) is 0 Å². The second kappa shape index (κ2) is 6.17. The molecule has 2 rings (SSSR count). The highest BCUT2D eigenvalue weighted by Crippen LogP contribution is 2.25. The van der Waals surface area contributed by atoms with Crippen LogP contribution in [-0.2, 0) is 0 Å². The average molecular weight is 264 g/mol. The molecule has 0 atom stereocenters. The molecule has 2 heterocycles. The number of aromatic nitrogens is 1. The summed E-state index contributed by atoms with van der Waals surface area (Å²) in [7, 11) is 0. The van der Waals surface area contributed by atoms with E-state index >= 15 is 0 Å². The fourth-order valence-corrected chi connectivity index (χ4v) is 3.12. The van der Waals surface area contributed by atoms with Crippen LogP contribution in [0.2, 0.25) is 0 Å². The van der Waals surface area contributed by atoms with Crippen LogP contribution in [-0.4, -0.2) is 35.5 Å². The summed E-state index contributed by atoms with van der Waals surface area (Å²) in [6, 6.07) is 2.22. The molecule has 0 unspecified atom stereocenters. The van der Waals surface area contributed by atoms with Gasteiger partial charge in [-0.2, -0.15) is 9.64 Å². The Bertz CT molecular complexity index is 427. The summed E-state index contributed by atoms with van der Waals surface area (Å²) < 4.78 is 4.22. The van der Waals surface area contributed by atoms with Gasteiger partial charge in [-0.05, 0) is 56.9 Å². The van der Waals surface area contributed by atoms with Crippen molar-refractivity contribution in [2.75, 3.05) is 31.5 Å². The Labute approximate surface area is 113 Å². The topological polar surface area (TPSA) is 52.0 Å². The molecule has 0 bridgehead atoms. The summed E-state index contributed by atoms with van der Waals surface area (Å²) in [6.07, 6.45) is 2.50. The van der Waals surface area contributed by atoms with Gasteiger partial charge in [0, 0.05) is 6.54 Å². The normalized spacial score (nSPS) is 17.6. The molecule has 5 heteroatoms. The molecule has 18 heavy (non-hydrogen) atoms. The first-order valence-corrected chi connectivity index (χ1v) is 7.34. The molecule has 1 aliphatic heterocycles. The first kappa shape index (κ1) is 13.3. The first-order valence-electron chi connectivity index (χ1n) is 6.57. The Morgan fingerprint density at radius 2 is 2.22 bits per heavy atom. The van der Waals surface area contributed by atoms with Crippen LogP contribution in [0.4, 0.5) is 5.00 Å². The Morgan fingerprint density at radius 3 is 2.83 bits per heavy atom. The second-order valence-electron chi connectivity index (χ2n) is 4.84. The van der Waals surface area contributed by atoms with Crippen molar-refractivity contribution in [1.29, 1.82) is 5.26 Å². The van der Waals surface area contributed by atoms with Crippen LogP contribution >= 0.6 is 11.5 Å². The second-order valence-corrected chi connectivity index (χ2v) is 5.62. The lowest BCUT2D eigenvalue weighted by molar-refractivity contribution is 0.198. The summed E-state index contributed by atoms with van der Waals surface area (Å²) >= 11 is 1.40. The van der Waals surface area contributed by atoms with Gasteiger partial charge in [-0.15, -0.1) is 0 Å². The smallest absolute Gasteiger partial charge is 0.127 e. The van der Waals surface area contributed by atoms with Crippen molar-refractivity contribution in [2.45, 2.75) is 26.7 Å². The van der Waals surface area contributed by atoms with Gasteiger partial charge < -0.3 is 10.2 Å². The van der Waals surface area contributed by atoms with Gasteiger partial charge in [-0.1, -0.05) is 6.92 Å². The minimum absolute atomic E-state index is 0.714. The maximum Gasteiger partial charge on any atom is 0.127 e. The van der Waals surface area contributed by atoms with Gasteiger partial charge in [0.2, 0.25) is 0 Å². The van der Waals surface area contributed by atoms with Crippen LogP contribution in [0.1, 0.15) is 31.0 Å². The molecule has 0 saturated carbocycles. The number of hydrogen-bond donors (Lipinski definition) is 1. The van der Waals surface area contributed by atoms with E-state index in [-0.39, 0.29) is 0 Å². The highest BCUT2D eigenvalue weighted by atomic mass is 32.1. The average Bonchev–Trinajstić information content (AvgIpc) is 2.77. The lowest BCUT2D eigenvalue weighted by atomic mass is 9.97. The molecule has 0 radical (unpaired) electrons. The molecule has 0 amide bonds. The van der Waals surface area contributed by atoms with Crippen molar-refractivity contribution >= 4 is 16.5 Å². The van der Waals surface area contributed by atoms with E-state index in [0.29, 0.717) is 5.56 Å². The lowest BCUT2D eigenvalue weighted by Gasteiger charge is -2.31. The molecule has 4 nitrogen and oxygen atoms in total. The van der Waals surface area contributed by atoms with E-state index in [0.717, 1.165) is 29.7 Å². The third-order valence-corrected chi connectivity index (χ3v) is 4.58. The van der Waals surface area contributed by atoms with Gasteiger partial charge in [0.1, 0.15) is 16.6 Å². The number of piperidine rings is 1. The molecular weight excluding hydrogens is 244 g/mol. The summed E-state index contributed by atoms with van der Waals surface area (Å²) in [5.41, 5.74) is 1.55. The molecule has 1 aromatic rings. The molecule has 1 fully saturated rings. The number of nitrogens with zero attached hydrogens (tertiary/aromatic N) is 3. The quantitative estimate of drug-likeness (QED) is 0.907. The Balaban J connectivity index is 1.84. The molecule has 0 aliphatic carbocycles. The van der Waals surface area contributed by atoms with E-state index in [1.165, 1.54) is 37.5 Å². The fraction of sp³-hybridized carbons (Fsp3) is 0.692. The Hall–Kier alpha value is -1.12. The van der Waals surface area contributed by atoms with E-state index < -0.39 is 0 Å². The highest BCUT2D eigenvalue weighted by Gasteiger charge is 2.18. The van der Waals surface area contributed by atoms with Gasteiger partial charge >= 0.3 is 0 Å². The van der Waals surface area contributed by atoms with E-state index in [4.69, 9.17) is 5.26 Å². The van der Waals surface area contributed by atoms with Crippen molar-refractivity contribution in [3.63, 3.8) is 0 Å². The van der Waals surface area contributed by atoms with E-state index in [1.54, 1.807) is 0 Å². The van der Waals surface area contributed by atoms with Crippen LogP contribution < -0.4 is 5.32 Å². The van der Waals surface area contributed by atoms with Crippen molar-refractivity contribution < 1.29 is 0 Å². The summed E-state index contributed by atoms with van der Waals surface area (Å²) in [4.78, 5) is 2.49. The number of rotatable bonds is 4. The van der Waals surface area contributed by atoms with Crippen LogP contribution in [0, 0.1) is 24.2 Å². The summed E-state index contributed by atoms with van der Waals surface area (Å²) in [5.74, 6) is 0.724. The zero-order valence-electron chi connectivity index (χ0n) is 11.1. The SMILES string of the molecule is CCN1CCC(CNc2snc(C)c2C#N)CC1. The molecule has 1 N–H and O–H groups in total. The third-order valence-electron chi connectivity index (χ3n) is 3.68. The summed E-state index contributed by atoms with van der Waals surface area (Å²) in [5, 5.41) is 13.4. The predicted octanol–water partition coefficient (Wildman–Crippen LogP) is 2.47. The zero-order chi connectivity index (χ0) is 13.0. The van der Waals surface area contributed by atoms with Crippen molar-refractivity contribution in [3.05, 3.63) is 11.3 Å². The maximum absolute atomic E-state index is 9.06. The lowest BCUT2D eigenvalue weighted by Crippen LogP contribution is -2.35. The number of nitrogens with one attached hydrogen (secondary N) is 1. The minimum atomic E-state index is 0.714. The van der Waals surface area contributed by atoms with Crippen LogP contribution in [0.3, 0.4) is 0 Å². The molecule has 98 valence electrons. The van der Waals surface area contributed by atoms with E-state index in [9.17, 15) is 0 Å². The number of anilines is 1. The van der Waals surface area contributed by atoms with Gasteiger partial charge in [0.25, 0.3) is 0 Å². The predicted molar refractivity (Wildman–Crippen MR) is 74.9 cm³/mol. The van der Waals surface area contributed by atoms with Gasteiger partial charge in [0.15, 0.2) is 0 Å². The molecule has 1 aliphatic rings. The molecular formula is C13H20N4S. The molecule has 0 spiro atoms. The Kier molecular flexibility index (Phi) is 4.56. The number of hydrogen-bond acceptors (Lipinski definition) is 5. The molecule has 1 aromatic heterocycles. The zero-order valence-corrected chi connectivity index (χ0v) is 11.9. The van der Waals surface area contributed by atoms with Gasteiger partial charge in [-0.3, -0.25) is 0 Å². The maximum atomic E-state index is 9.06. The van der Waals surface area contributed by atoms with E-state index in [2.05, 4.69) is 27.6 Å². The number of aryl methyl sites for hydroxylation is 1. The molecule has 0 aromatic carbocycles. The van der Waals surface area contributed by atoms with Crippen molar-refractivity contribution in [3.8, 4) is 6.07 Å². The first-order chi connectivity index (χ1) is 8.74. The number of nitriles is 1. The fourth-order valence-electron chi connectivity index (χ4n) is 2.37. The van der Waals surface area contributed by atoms with Gasteiger partial charge in [-0.25, -0.2) is 0 Å². The van der Waals surface area contributed by atoms with E-state index in [1.807, 2.05) is 6.92 Å². The van der Waals surface area contributed by atoms with Crippen molar-refractivity contribution in [1.82, 2.24) is 9.27 Å². The number of likely N-dealkylation sites (tertiary alicyclic amines) is 1. The third kappa shape index (κ3) is 3.01. The van der Waals surface area contributed by atoms with Crippen molar-refractivity contribution in [2.24, 2.45) is 5.92 Å². The van der Waals surface area contributed by atoms with Gasteiger partial charge in [0.05, 0.1) is 5.69 Å². The Morgan fingerprint density at radius 1 is 1.50 bits per heavy atom. The monoisotopic (exact) mass is 264 g/mol.